The van der Waals surface area contributed by atoms with E-state index in [4.69, 9.17) is 0 Å². The normalized spacial score (nSPS) is 13.2. The van der Waals surface area contributed by atoms with Gasteiger partial charge in [-0.15, -0.1) is 0 Å². The zero-order chi connectivity index (χ0) is 8.65. The Labute approximate surface area is 82.0 Å². The largest absolute Gasteiger partial charge is 0.0623 e. The molecule has 0 aliphatic heterocycles. The van der Waals surface area contributed by atoms with E-state index in [0.717, 1.165) is 6.42 Å². The predicted octanol–water partition coefficient (Wildman–Crippen LogP) is 3.06. The second-order valence-corrected chi connectivity index (χ2v) is 3.24. The molecule has 1 aliphatic rings. The number of rotatable bonds is 0. The van der Waals surface area contributed by atoms with Crippen LogP contribution in [0.2, 0.25) is 0 Å². The van der Waals surface area contributed by atoms with Crippen molar-refractivity contribution in [3.8, 4) is 0 Å². The summed E-state index contributed by atoms with van der Waals surface area (Å²) in [5.41, 5.74) is 0. The maximum atomic E-state index is 2.94. The van der Waals surface area contributed by atoms with Crippen LogP contribution in [0.4, 0.5) is 0 Å². The molecule has 0 atom stereocenters. The molecule has 61 valence electrons. The average Bonchev–Trinajstić information content (AvgIpc) is 2.60. The molecule has 1 heteroatoms. The molecule has 0 unspecified atom stereocenters. The van der Waals surface area contributed by atoms with Crippen molar-refractivity contribution in [2.24, 2.45) is 0 Å². The molecule has 0 nitrogen and oxygen atoms in total. The van der Waals surface area contributed by atoms with E-state index in [1.54, 1.807) is 0 Å². The summed E-state index contributed by atoms with van der Waals surface area (Å²) in [6.07, 6.45) is 7.39. The Kier molecular flexibility index (Phi) is 4.53. The van der Waals surface area contributed by atoms with Crippen LogP contribution in [0, 0.1) is 0 Å². The Morgan fingerprint density at radius 1 is 0.917 bits per heavy atom. The van der Waals surface area contributed by atoms with Crippen LogP contribution in [-0.4, -0.2) is 0 Å². The fraction of sp³-hybridized carbons (Fsp3) is 0.0909. The number of hydrogen-bond acceptors (Lipinski definition) is 0. The van der Waals surface area contributed by atoms with Gasteiger partial charge >= 0.3 is 45.4 Å². The molecule has 0 radical (unpaired) electrons. The summed E-state index contributed by atoms with van der Waals surface area (Å²) >= 11 is 2.94. The first kappa shape index (κ1) is 9.32. The summed E-state index contributed by atoms with van der Waals surface area (Å²) in [5, 5.41) is 0. The first-order chi connectivity index (χ1) is 5.89. The third-order valence-electron chi connectivity index (χ3n) is 1.40. The molecule has 0 saturated heterocycles. The van der Waals surface area contributed by atoms with Crippen molar-refractivity contribution in [1.82, 2.24) is 0 Å². The van der Waals surface area contributed by atoms with Crippen molar-refractivity contribution in [2.75, 3.05) is 0 Å². The van der Waals surface area contributed by atoms with E-state index in [1.807, 2.05) is 36.4 Å². The Morgan fingerprint density at radius 3 is 1.58 bits per heavy atom. The van der Waals surface area contributed by atoms with Gasteiger partial charge in [0.1, 0.15) is 0 Å². The van der Waals surface area contributed by atoms with Crippen molar-refractivity contribution in [3.05, 3.63) is 59.1 Å². The summed E-state index contributed by atoms with van der Waals surface area (Å²) in [5.74, 6) is 0. The fourth-order valence-corrected chi connectivity index (χ4v) is 1.09. The van der Waals surface area contributed by atoms with Gasteiger partial charge in [-0.3, -0.25) is 0 Å². The molecule has 0 fully saturated rings. The number of allylic oxidation sites excluding steroid dienone is 4. The number of benzene rings is 1. The zero-order valence-corrected chi connectivity index (χ0v) is 8.09. The second kappa shape index (κ2) is 5.83. The molecule has 0 bridgehead atoms. The van der Waals surface area contributed by atoms with Gasteiger partial charge in [-0.2, -0.15) is 0 Å². The van der Waals surface area contributed by atoms with Crippen LogP contribution in [-0.2, 0) is 16.3 Å². The van der Waals surface area contributed by atoms with Gasteiger partial charge in [0.05, 0.1) is 0 Å². The van der Waals surface area contributed by atoms with Gasteiger partial charge in [-0.1, -0.05) is 36.4 Å². The second-order valence-electron chi connectivity index (χ2n) is 2.42. The summed E-state index contributed by atoms with van der Waals surface area (Å²) < 4.78 is 1.34. The van der Waals surface area contributed by atoms with Gasteiger partial charge in [0.2, 0.25) is 0 Å². The van der Waals surface area contributed by atoms with Gasteiger partial charge in [0.25, 0.3) is 0 Å². The molecule has 0 N–H and O–H groups in total. The molecule has 2 rings (SSSR count). The Morgan fingerprint density at radius 2 is 1.42 bits per heavy atom. The predicted molar refractivity (Wildman–Crippen MR) is 48.3 cm³/mol. The molecule has 1 aliphatic carbocycles. The first-order valence-electron chi connectivity index (χ1n) is 3.92. The third kappa shape index (κ3) is 4.18. The third-order valence-corrected chi connectivity index (χ3v) is 1.88. The molecule has 0 spiro atoms. The van der Waals surface area contributed by atoms with E-state index in [-0.39, 0.29) is 0 Å². The molecule has 0 aromatic heterocycles. The quantitative estimate of drug-likeness (QED) is 0.596. The molecule has 0 amide bonds. The summed E-state index contributed by atoms with van der Waals surface area (Å²) in [6.45, 7) is 0. The number of hydrogen-bond donors (Lipinski definition) is 0. The molecule has 12 heavy (non-hydrogen) atoms. The average molecular weight is 195 g/mol. The zero-order valence-electron chi connectivity index (χ0n) is 6.81. The van der Waals surface area contributed by atoms with Crippen molar-refractivity contribution < 1.29 is 16.3 Å². The smallest absolute Gasteiger partial charge is 0.0623 e. The first-order valence-corrected chi connectivity index (χ1v) is 4.56. The van der Waals surface area contributed by atoms with Gasteiger partial charge in [-0.25, -0.2) is 0 Å². The van der Waals surface area contributed by atoms with E-state index in [0.29, 0.717) is 0 Å². The summed E-state index contributed by atoms with van der Waals surface area (Å²) in [7, 11) is 0. The molecule has 1 aromatic carbocycles. The summed E-state index contributed by atoms with van der Waals surface area (Å²) in [4.78, 5) is 0. The van der Waals surface area contributed by atoms with Crippen LogP contribution in [0.5, 0.6) is 0 Å². The van der Waals surface area contributed by atoms with Crippen LogP contribution in [0.1, 0.15) is 6.42 Å². The minimum atomic E-state index is 1.11. The monoisotopic (exact) mass is 195 g/mol. The summed E-state index contributed by atoms with van der Waals surface area (Å²) in [6, 6.07) is 12.0. The SMILES string of the molecule is [Cr][C]1=CC=CC1.c1ccccc1. The van der Waals surface area contributed by atoms with Crippen LogP contribution in [0.25, 0.3) is 0 Å². The molecule has 1 aromatic rings. The molecular formula is C11H11Cr. The Hall–Kier alpha value is -0.768. The van der Waals surface area contributed by atoms with E-state index < -0.39 is 0 Å². The molecular weight excluding hydrogens is 184 g/mol. The maximum absolute atomic E-state index is 2.94. The van der Waals surface area contributed by atoms with Crippen molar-refractivity contribution >= 4 is 0 Å². The Bertz CT molecular complexity index is 233. The molecule has 0 heterocycles. The van der Waals surface area contributed by atoms with Crippen LogP contribution < -0.4 is 0 Å². The van der Waals surface area contributed by atoms with Crippen LogP contribution in [0.3, 0.4) is 0 Å². The van der Waals surface area contributed by atoms with Crippen molar-refractivity contribution in [3.63, 3.8) is 0 Å². The Balaban J connectivity index is 0.000000120. The fourth-order valence-electron chi connectivity index (χ4n) is 0.813. The standard InChI is InChI=1S/C6H6.C5H5.Cr/c1-2-4-6-5-3-1;1-2-4-5-3-1;/h1-6H;1-3H,4H2;. The van der Waals surface area contributed by atoms with E-state index in [1.165, 1.54) is 4.44 Å². The van der Waals surface area contributed by atoms with Gasteiger partial charge in [0.15, 0.2) is 0 Å². The van der Waals surface area contributed by atoms with E-state index >= 15 is 0 Å². The van der Waals surface area contributed by atoms with Gasteiger partial charge in [0, 0.05) is 0 Å². The maximum Gasteiger partial charge on any atom is -0.0623 e. The van der Waals surface area contributed by atoms with Crippen LogP contribution in [0.15, 0.2) is 59.1 Å². The topological polar surface area (TPSA) is 0 Å². The minimum Gasteiger partial charge on any atom is -0.0623 e. The van der Waals surface area contributed by atoms with E-state index in [2.05, 4.69) is 34.5 Å². The minimum absolute atomic E-state index is 1.11. The van der Waals surface area contributed by atoms with Crippen LogP contribution >= 0.6 is 0 Å². The van der Waals surface area contributed by atoms with E-state index in [9.17, 15) is 0 Å². The van der Waals surface area contributed by atoms with Gasteiger partial charge < -0.3 is 0 Å². The van der Waals surface area contributed by atoms with Crippen molar-refractivity contribution in [1.29, 1.82) is 0 Å². The molecule has 0 saturated carbocycles. The van der Waals surface area contributed by atoms with Crippen molar-refractivity contribution in [2.45, 2.75) is 6.42 Å². The van der Waals surface area contributed by atoms with Gasteiger partial charge in [-0.05, 0) is 0 Å².